The van der Waals surface area contributed by atoms with E-state index in [9.17, 15) is 4.79 Å². The number of ketones is 1. The van der Waals surface area contributed by atoms with Crippen molar-refractivity contribution in [2.75, 3.05) is 20.6 Å². The average molecular weight is 488 g/mol. The Bertz CT molecular complexity index is 976. The fourth-order valence-electron chi connectivity index (χ4n) is 5.32. The quantitative estimate of drug-likeness (QED) is 0.248. The summed E-state index contributed by atoms with van der Waals surface area (Å²) in [6.07, 6.45) is 8.44. The average Bonchev–Trinajstić information content (AvgIpc) is 2.79. The molecule has 0 aliphatic rings. The number of carbonyl (C=O) groups excluding carboxylic acids is 1. The van der Waals surface area contributed by atoms with Crippen LogP contribution in [-0.4, -0.2) is 31.3 Å². The van der Waals surface area contributed by atoms with Gasteiger partial charge in [-0.1, -0.05) is 91.7 Å². The van der Waals surface area contributed by atoms with Gasteiger partial charge in [0.25, 0.3) is 0 Å². The predicted octanol–water partition coefficient (Wildman–Crippen LogP) is 8.95. The lowest BCUT2D eigenvalue weighted by Crippen LogP contribution is -2.27. The zero-order valence-electron chi connectivity index (χ0n) is 24.1. The molecule has 2 aromatic carbocycles. The van der Waals surface area contributed by atoms with Gasteiger partial charge in [-0.15, -0.1) is 0 Å². The largest absolute Gasteiger partial charge is 0.309 e. The summed E-state index contributed by atoms with van der Waals surface area (Å²) in [6, 6.07) is 19.2. The minimum absolute atomic E-state index is 0.0732. The maximum atomic E-state index is 13.8. The van der Waals surface area contributed by atoms with Gasteiger partial charge in [0, 0.05) is 18.9 Å². The maximum Gasteiger partial charge on any atom is 0.140 e. The molecule has 196 valence electrons. The molecule has 0 radical (unpaired) electrons. The van der Waals surface area contributed by atoms with Gasteiger partial charge in [0.15, 0.2) is 0 Å². The molecule has 2 nitrogen and oxygen atoms in total. The summed E-state index contributed by atoms with van der Waals surface area (Å²) in [5, 5.41) is 0. The van der Waals surface area contributed by atoms with Gasteiger partial charge in [0.1, 0.15) is 5.78 Å². The Hall–Kier alpha value is -2.45. The highest BCUT2D eigenvalue weighted by molar-refractivity contribution is 5.86. The van der Waals surface area contributed by atoms with Crippen LogP contribution in [0.4, 0.5) is 0 Å². The van der Waals surface area contributed by atoms with Gasteiger partial charge in [-0.05, 0) is 95.5 Å². The molecule has 0 heterocycles. The Morgan fingerprint density at radius 2 is 1.47 bits per heavy atom. The molecule has 2 heteroatoms. The maximum absolute atomic E-state index is 13.8. The molecule has 0 saturated carbocycles. The van der Waals surface area contributed by atoms with Crippen LogP contribution in [0.3, 0.4) is 0 Å². The Morgan fingerprint density at radius 1 is 0.861 bits per heavy atom. The van der Waals surface area contributed by atoms with E-state index in [0.29, 0.717) is 24.0 Å². The van der Waals surface area contributed by atoms with Crippen molar-refractivity contribution in [2.24, 2.45) is 17.8 Å². The summed E-state index contributed by atoms with van der Waals surface area (Å²) in [5.74, 6) is 1.41. The second kappa shape index (κ2) is 15.0. The van der Waals surface area contributed by atoms with E-state index in [4.69, 9.17) is 0 Å². The number of carbonyl (C=O) groups is 1. The Kier molecular flexibility index (Phi) is 12.4. The molecule has 0 fully saturated rings. The molecule has 36 heavy (non-hydrogen) atoms. The van der Waals surface area contributed by atoms with Crippen LogP contribution in [-0.2, 0) is 4.79 Å². The molecule has 0 saturated heterocycles. The van der Waals surface area contributed by atoms with E-state index >= 15 is 0 Å². The third-order valence-corrected chi connectivity index (χ3v) is 6.90. The van der Waals surface area contributed by atoms with Crippen molar-refractivity contribution >= 4 is 5.78 Å². The summed E-state index contributed by atoms with van der Waals surface area (Å²) >= 11 is 0. The van der Waals surface area contributed by atoms with Gasteiger partial charge < -0.3 is 4.90 Å². The van der Waals surface area contributed by atoms with Crippen LogP contribution in [0.5, 0.6) is 0 Å². The van der Waals surface area contributed by atoms with Crippen molar-refractivity contribution in [1.29, 1.82) is 0 Å². The van der Waals surface area contributed by atoms with Gasteiger partial charge in [-0.2, -0.15) is 0 Å². The number of benzene rings is 2. The van der Waals surface area contributed by atoms with Crippen molar-refractivity contribution in [2.45, 2.75) is 73.1 Å². The van der Waals surface area contributed by atoms with Crippen LogP contribution in [0.1, 0.15) is 78.7 Å². The molecule has 2 rings (SSSR count). The normalized spacial score (nSPS) is 14.6. The van der Waals surface area contributed by atoms with E-state index in [0.717, 1.165) is 31.4 Å². The summed E-state index contributed by atoms with van der Waals surface area (Å²) in [7, 11) is 4.27. The zero-order valence-corrected chi connectivity index (χ0v) is 24.1. The lowest BCUT2D eigenvalue weighted by atomic mass is 9.76. The third-order valence-electron chi connectivity index (χ3n) is 6.90. The van der Waals surface area contributed by atoms with Gasteiger partial charge in [-0.3, -0.25) is 4.79 Å². The molecule has 0 amide bonds. The van der Waals surface area contributed by atoms with E-state index in [-0.39, 0.29) is 11.8 Å². The summed E-state index contributed by atoms with van der Waals surface area (Å²) < 4.78 is 0. The van der Waals surface area contributed by atoms with Crippen molar-refractivity contribution in [3.05, 3.63) is 83.5 Å². The van der Waals surface area contributed by atoms with Crippen LogP contribution in [0.2, 0.25) is 0 Å². The minimum atomic E-state index is -0.0732. The van der Waals surface area contributed by atoms with E-state index in [2.05, 4.69) is 121 Å². The highest BCUT2D eigenvalue weighted by Gasteiger charge is 2.29. The van der Waals surface area contributed by atoms with Crippen molar-refractivity contribution in [1.82, 2.24) is 4.90 Å². The topological polar surface area (TPSA) is 20.3 Å². The summed E-state index contributed by atoms with van der Waals surface area (Å²) in [5.41, 5.74) is 6.26. The van der Waals surface area contributed by atoms with Crippen LogP contribution < -0.4 is 0 Å². The summed E-state index contributed by atoms with van der Waals surface area (Å²) in [6.45, 7) is 14.1. The highest BCUT2D eigenvalue weighted by Crippen LogP contribution is 2.35. The van der Waals surface area contributed by atoms with Crippen LogP contribution in [0, 0.1) is 17.8 Å². The molecule has 0 N–H and O–H groups in total. The van der Waals surface area contributed by atoms with Crippen LogP contribution in [0.15, 0.2) is 77.9 Å². The molecule has 0 aliphatic heterocycles. The first kappa shape index (κ1) is 29.8. The van der Waals surface area contributed by atoms with Crippen LogP contribution in [0.25, 0.3) is 11.1 Å². The Balaban J connectivity index is 2.29. The number of Topliss-reactive ketones (excluding diaryl/α,β-unsaturated/α-hetero) is 1. The molecule has 0 spiro atoms. The predicted molar refractivity (Wildman–Crippen MR) is 157 cm³/mol. The van der Waals surface area contributed by atoms with Gasteiger partial charge >= 0.3 is 0 Å². The lowest BCUT2D eigenvalue weighted by Gasteiger charge is -2.29. The van der Waals surface area contributed by atoms with E-state index in [1.165, 1.54) is 22.3 Å². The smallest absolute Gasteiger partial charge is 0.140 e. The molecule has 2 aromatic rings. The molecule has 4 unspecified atom stereocenters. The first-order chi connectivity index (χ1) is 17.1. The number of nitrogens with zero attached hydrogens (tertiary/aromatic N) is 1. The summed E-state index contributed by atoms with van der Waals surface area (Å²) in [4.78, 5) is 16.1. The highest BCUT2D eigenvalue weighted by atomic mass is 16.1. The van der Waals surface area contributed by atoms with Gasteiger partial charge in [0.2, 0.25) is 0 Å². The van der Waals surface area contributed by atoms with E-state index in [1.54, 1.807) is 0 Å². The SMILES string of the molecule is CC(C)=CCCC(C)CC(=O)C(c1ccc(-c2ccccc2)cc1)C(C)CC(C=C(C)C)CN(C)C. The first-order valence-electron chi connectivity index (χ1n) is 13.7. The second-order valence-electron chi connectivity index (χ2n) is 11.6. The molecule has 4 atom stereocenters. The monoisotopic (exact) mass is 487 g/mol. The number of rotatable bonds is 14. The Morgan fingerprint density at radius 3 is 2.03 bits per heavy atom. The number of hydrogen-bond acceptors (Lipinski definition) is 2. The van der Waals surface area contributed by atoms with Gasteiger partial charge in [0.05, 0.1) is 0 Å². The van der Waals surface area contributed by atoms with E-state index in [1.807, 2.05) is 6.07 Å². The van der Waals surface area contributed by atoms with Crippen molar-refractivity contribution < 1.29 is 4.79 Å². The molecule has 0 aromatic heterocycles. The number of hydrogen-bond donors (Lipinski definition) is 0. The molecule has 0 aliphatic carbocycles. The molecular weight excluding hydrogens is 438 g/mol. The van der Waals surface area contributed by atoms with Gasteiger partial charge in [-0.25, -0.2) is 0 Å². The molecule has 0 bridgehead atoms. The van der Waals surface area contributed by atoms with Crippen molar-refractivity contribution in [3.63, 3.8) is 0 Å². The fourth-order valence-corrected chi connectivity index (χ4v) is 5.32. The zero-order chi connectivity index (χ0) is 26.7. The fraction of sp³-hybridized carbons (Fsp3) is 0.500. The van der Waals surface area contributed by atoms with E-state index < -0.39 is 0 Å². The number of allylic oxidation sites excluding steroid dienone is 3. The lowest BCUT2D eigenvalue weighted by molar-refractivity contribution is -0.122. The first-order valence-corrected chi connectivity index (χ1v) is 13.7. The Labute approximate surface area is 221 Å². The van der Waals surface area contributed by atoms with Crippen LogP contribution >= 0.6 is 0 Å². The molecular formula is C34H49NO. The minimum Gasteiger partial charge on any atom is -0.309 e. The third kappa shape index (κ3) is 10.3. The second-order valence-corrected chi connectivity index (χ2v) is 11.6. The standard InChI is InChI=1S/C34H49NO/c1-25(2)13-12-14-27(5)22-33(36)34(28(6)23-29(21-26(3)4)24-35(7)8)32-19-17-31(18-20-32)30-15-10-9-11-16-30/h9-11,13,15-21,27-29,34H,12,14,22-24H2,1-8H3. The van der Waals surface area contributed by atoms with Crippen molar-refractivity contribution in [3.8, 4) is 11.1 Å².